The van der Waals surface area contributed by atoms with E-state index in [0.717, 1.165) is 36.1 Å². The van der Waals surface area contributed by atoms with E-state index < -0.39 is 45.6 Å². The number of sulfonamides is 1. The standard InChI is InChI=1S/C38H51N5O8S/c1-38(2,3)35(43(37(46)47)24-30-15-10-16-31(40-30)26-51-4)36(45)41-33(21-27-11-6-5-7-12-27)34(44)25-42(23-29-13-8-9-14-29)52(49,50)32-19-17-28(18-20-32)22-39-48/h5-7,10-12,15-20,22,29,33-35,44,48H,8-9,13-14,21,23-26H2,1-4H3,(H,41,45)(H,46,47)/t33-,34-,35+/m0/s1. The van der Waals surface area contributed by atoms with Crippen molar-refractivity contribution >= 4 is 28.2 Å². The summed E-state index contributed by atoms with van der Waals surface area (Å²) in [6.07, 6.45) is 2.36. The molecule has 3 atom stereocenters. The van der Waals surface area contributed by atoms with Crippen molar-refractivity contribution < 1.29 is 38.2 Å². The summed E-state index contributed by atoms with van der Waals surface area (Å²) in [5.74, 6) is -0.524. The van der Waals surface area contributed by atoms with Gasteiger partial charge in [0, 0.05) is 20.2 Å². The molecule has 13 nitrogen and oxygen atoms in total. The van der Waals surface area contributed by atoms with Gasteiger partial charge >= 0.3 is 6.09 Å². The van der Waals surface area contributed by atoms with E-state index in [4.69, 9.17) is 9.94 Å². The molecule has 4 N–H and O–H groups in total. The van der Waals surface area contributed by atoms with E-state index in [1.165, 1.54) is 41.9 Å². The summed E-state index contributed by atoms with van der Waals surface area (Å²) in [7, 11) is -2.57. The molecule has 0 saturated heterocycles. The molecule has 52 heavy (non-hydrogen) atoms. The van der Waals surface area contributed by atoms with Crippen molar-refractivity contribution in [3.8, 4) is 0 Å². The van der Waals surface area contributed by atoms with E-state index in [1.54, 1.807) is 39.0 Å². The maximum absolute atomic E-state index is 14.3. The van der Waals surface area contributed by atoms with Gasteiger partial charge in [-0.05, 0) is 66.0 Å². The fourth-order valence-corrected chi connectivity index (χ4v) is 8.27. The third-order valence-electron chi connectivity index (χ3n) is 9.26. The Hall–Kier alpha value is -4.37. The lowest BCUT2D eigenvalue weighted by molar-refractivity contribution is -0.131. The molecule has 1 aromatic heterocycles. The van der Waals surface area contributed by atoms with Gasteiger partial charge in [-0.25, -0.2) is 13.2 Å². The Kier molecular flexibility index (Phi) is 14.3. The fourth-order valence-electron chi connectivity index (χ4n) is 6.73. The number of aromatic nitrogens is 1. The topological polar surface area (TPSA) is 182 Å². The summed E-state index contributed by atoms with van der Waals surface area (Å²) in [6.45, 7) is 5.23. The van der Waals surface area contributed by atoms with Crippen molar-refractivity contribution in [2.75, 3.05) is 20.2 Å². The lowest BCUT2D eigenvalue weighted by Gasteiger charge is -2.39. The van der Waals surface area contributed by atoms with Crippen LogP contribution in [-0.2, 0) is 39.1 Å². The quantitative estimate of drug-likeness (QED) is 0.0851. The van der Waals surface area contributed by atoms with Crippen LogP contribution in [0.5, 0.6) is 0 Å². The number of hydrogen-bond donors (Lipinski definition) is 4. The number of aliphatic hydroxyl groups is 1. The van der Waals surface area contributed by atoms with Gasteiger partial charge in [-0.1, -0.05) is 87.3 Å². The summed E-state index contributed by atoms with van der Waals surface area (Å²) >= 11 is 0. The van der Waals surface area contributed by atoms with E-state index in [2.05, 4.69) is 15.5 Å². The van der Waals surface area contributed by atoms with Gasteiger partial charge in [0.25, 0.3) is 0 Å². The van der Waals surface area contributed by atoms with E-state index in [0.29, 0.717) is 17.0 Å². The second-order valence-corrected chi connectivity index (χ2v) is 16.3. The first-order valence-electron chi connectivity index (χ1n) is 17.5. The number of oxime groups is 1. The first kappa shape index (κ1) is 40.4. The first-order chi connectivity index (χ1) is 24.7. The van der Waals surface area contributed by atoms with Crippen molar-refractivity contribution in [1.82, 2.24) is 19.5 Å². The summed E-state index contributed by atoms with van der Waals surface area (Å²) in [4.78, 5) is 32.7. The molecule has 3 aromatic rings. The molecular formula is C38H51N5O8S. The minimum absolute atomic E-state index is 0.0181. The van der Waals surface area contributed by atoms with Crippen LogP contribution in [0.2, 0.25) is 0 Å². The second-order valence-electron chi connectivity index (χ2n) is 14.4. The minimum atomic E-state index is -4.10. The SMILES string of the molecule is COCc1cccc(CN(C(=O)O)[C@H](C(=O)N[C@@H](Cc2ccccc2)[C@@H](O)CN(CC2CCCC2)S(=O)(=O)c2ccc(C=NO)cc2)C(C)(C)C)n1. The summed E-state index contributed by atoms with van der Waals surface area (Å²) in [5.41, 5.74) is 1.46. The Balaban J connectivity index is 1.66. The number of nitrogens with one attached hydrogen (secondary N) is 1. The number of hydrogen-bond acceptors (Lipinski definition) is 9. The van der Waals surface area contributed by atoms with Crippen LogP contribution in [0.3, 0.4) is 0 Å². The van der Waals surface area contributed by atoms with Crippen LogP contribution < -0.4 is 5.32 Å². The Morgan fingerprint density at radius 2 is 1.67 bits per heavy atom. The zero-order valence-electron chi connectivity index (χ0n) is 30.3. The van der Waals surface area contributed by atoms with Crippen LogP contribution >= 0.6 is 0 Å². The number of methoxy groups -OCH3 is 1. The number of rotatable bonds is 17. The predicted octanol–water partition coefficient (Wildman–Crippen LogP) is 4.90. The van der Waals surface area contributed by atoms with Crippen molar-refractivity contribution in [1.29, 1.82) is 0 Å². The van der Waals surface area contributed by atoms with Gasteiger partial charge < -0.3 is 25.5 Å². The Bertz CT molecular complexity index is 1740. The molecule has 14 heteroatoms. The highest BCUT2D eigenvalue weighted by molar-refractivity contribution is 7.89. The second kappa shape index (κ2) is 18.4. The van der Waals surface area contributed by atoms with E-state index in [9.17, 15) is 28.2 Å². The van der Waals surface area contributed by atoms with E-state index >= 15 is 0 Å². The van der Waals surface area contributed by atoms with Crippen molar-refractivity contribution in [2.45, 2.75) is 89.1 Å². The molecule has 0 spiro atoms. The molecule has 1 heterocycles. The van der Waals surface area contributed by atoms with Gasteiger partial charge in [-0.15, -0.1) is 0 Å². The normalized spacial score (nSPS) is 15.8. The third-order valence-corrected chi connectivity index (χ3v) is 11.1. The van der Waals surface area contributed by atoms with E-state index in [-0.39, 0.29) is 43.5 Å². The third kappa shape index (κ3) is 11.1. The maximum atomic E-state index is 14.3. The fraction of sp³-hybridized carbons (Fsp3) is 0.474. The predicted molar refractivity (Wildman–Crippen MR) is 196 cm³/mol. The maximum Gasteiger partial charge on any atom is 0.408 e. The van der Waals surface area contributed by atoms with Crippen molar-refractivity contribution in [3.63, 3.8) is 0 Å². The van der Waals surface area contributed by atoms with Gasteiger partial charge in [0.2, 0.25) is 15.9 Å². The highest BCUT2D eigenvalue weighted by atomic mass is 32.2. The zero-order valence-corrected chi connectivity index (χ0v) is 31.1. The molecule has 1 saturated carbocycles. The molecule has 1 aliphatic rings. The molecule has 282 valence electrons. The first-order valence-corrected chi connectivity index (χ1v) is 18.9. The molecule has 0 aliphatic heterocycles. The summed E-state index contributed by atoms with van der Waals surface area (Å²) in [6, 6.07) is 18.1. The average Bonchev–Trinajstić information content (AvgIpc) is 3.61. The number of pyridine rings is 1. The molecule has 2 amide bonds. The smallest absolute Gasteiger partial charge is 0.408 e. The molecule has 2 aromatic carbocycles. The Labute approximate surface area is 306 Å². The average molecular weight is 738 g/mol. The largest absolute Gasteiger partial charge is 0.465 e. The van der Waals surface area contributed by atoms with Crippen molar-refractivity contribution in [2.24, 2.45) is 16.5 Å². The van der Waals surface area contributed by atoms with Crippen LogP contribution in [0.15, 0.2) is 82.8 Å². The molecule has 0 radical (unpaired) electrons. The minimum Gasteiger partial charge on any atom is -0.465 e. The number of benzene rings is 2. The van der Waals surface area contributed by atoms with Gasteiger partial charge in [-0.2, -0.15) is 4.31 Å². The highest BCUT2D eigenvalue weighted by Crippen LogP contribution is 2.30. The molecule has 4 rings (SSSR count). The summed E-state index contributed by atoms with van der Waals surface area (Å²) < 4.78 is 34.7. The number of carbonyl (C=O) groups excluding carboxylic acids is 1. The molecule has 0 unspecified atom stereocenters. The monoisotopic (exact) mass is 737 g/mol. The van der Waals surface area contributed by atoms with Gasteiger partial charge in [0.15, 0.2) is 0 Å². The Morgan fingerprint density at radius 1 is 1.02 bits per heavy atom. The molecule has 1 aliphatic carbocycles. The number of carbonyl (C=O) groups is 2. The number of amides is 2. The number of aliphatic hydroxyl groups excluding tert-OH is 1. The Morgan fingerprint density at radius 3 is 2.27 bits per heavy atom. The lowest BCUT2D eigenvalue weighted by atomic mass is 9.84. The lowest BCUT2D eigenvalue weighted by Crippen LogP contribution is -2.59. The van der Waals surface area contributed by atoms with Crippen LogP contribution in [0.25, 0.3) is 0 Å². The van der Waals surface area contributed by atoms with Gasteiger partial charge in [-0.3, -0.25) is 14.7 Å². The number of carboxylic acid groups (broad SMARTS) is 1. The van der Waals surface area contributed by atoms with Crippen LogP contribution in [0, 0.1) is 11.3 Å². The molecule has 0 bridgehead atoms. The van der Waals surface area contributed by atoms with Crippen LogP contribution in [0.4, 0.5) is 4.79 Å². The molecular weight excluding hydrogens is 687 g/mol. The van der Waals surface area contributed by atoms with Crippen LogP contribution in [0.1, 0.15) is 69.0 Å². The number of nitrogens with zero attached hydrogens (tertiary/aromatic N) is 4. The summed E-state index contributed by atoms with van der Waals surface area (Å²) in [5, 5.41) is 37.2. The zero-order chi connectivity index (χ0) is 37.9. The van der Waals surface area contributed by atoms with Crippen molar-refractivity contribution in [3.05, 3.63) is 95.3 Å². The molecule has 1 fully saturated rings. The van der Waals surface area contributed by atoms with Crippen LogP contribution in [-0.4, -0.2) is 94.6 Å². The van der Waals surface area contributed by atoms with Gasteiger partial charge in [0.1, 0.15) is 6.04 Å². The highest BCUT2D eigenvalue weighted by Gasteiger charge is 2.41. The van der Waals surface area contributed by atoms with Gasteiger partial charge in [0.05, 0.1) is 47.8 Å². The number of ether oxygens (including phenoxy) is 1. The van der Waals surface area contributed by atoms with E-state index in [1.807, 2.05) is 30.3 Å².